The molecule has 0 aliphatic carbocycles. The molecule has 2 rings (SSSR count). The number of benzene rings is 2. The van der Waals surface area contributed by atoms with E-state index < -0.39 is 0 Å². The van der Waals surface area contributed by atoms with Gasteiger partial charge in [-0.3, -0.25) is 5.84 Å². The summed E-state index contributed by atoms with van der Waals surface area (Å²) >= 11 is 0. The topological polar surface area (TPSA) is 65.7 Å². The van der Waals surface area contributed by atoms with Crippen molar-refractivity contribution in [3.63, 3.8) is 0 Å². The van der Waals surface area contributed by atoms with Crippen LogP contribution in [0.25, 0.3) is 0 Å². The van der Waals surface area contributed by atoms with E-state index in [0.29, 0.717) is 11.5 Å². The van der Waals surface area contributed by atoms with Crippen LogP contribution in [0.5, 0.6) is 17.2 Å². The summed E-state index contributed by atoms with van der Waals surface area (Å²) in [6.07, 6.45) is 0. The molecule has 0 aliphatic rings. The summed E-state index contributed by atoms with van der Waals surface area (Å²) in [5, 5.41) is 0. The SMILES string of the molecule is COc1ccc(C(NN)c2c(OC)cccc2OC)cc1. The smallest absolute Gasteiger partial charge is 0.127 e. The highest BCUT2D eigenvalue weighted by Crippen LogP contribution is 2.37. The molecule has 5 nitrogen and oxygen atoms in total. The summed E-state index contributed by atoms with van der Waals surface area (Å²) in [7, 11) is 4.89. The fourth-order valence-electron chi connectivity index (χ4n) is 2.31. The normalized spacial score (nSPS) is 11.8. The van der Waals surface area contributed by atoms with Crippen LogP contribution in [0.15, 0.2) is 42.5 Å². The number of hydrogen-bond donors (Lipinski definition) is 2. The minimum atomic E-state index is -0.248. The highest BCUT2D eigenvalue weighted by molar-refractivity contribution is 5.50. The third-order valence-electron chi connectivity index (χ3n) is 3.37. The molecule has 0 amide bonds. The molecule has 2 aromatic rings. The molecular formula is C16H20N2O3. The highest BCUT2D eigenvalue weighted by Gasteiger charge is 2.21. The van der Waals surface area contributed by atoms with Gasteiger partial charge in [0.2, 0.25) is 0 Å². The van der Waals surface area contributed by atoms with Crippen molar-refractivity contribution in [2.75, 3.05) is 21.3 Å². The fourth-order valence-corrected chi connectivity index (χ4v) is 2.31. The molecule has 0 saturated heterocycles. The zero-order valence-electron chi connectivity index (χ0n) is 12.4. The maximum Gasteiger partial charge on any atom is 0.127 e. The molecule has 2 aromatic carbocycles. The Morgan fingerprint density at radius 2 is 1.43 bits per heavy atom. The molecule has 21 heavy (non-hydrogen) atoms. The third kappa shape index (κ3) is 3.09. The largest absolute Gasteiger partial charge is 0.497 e. The molecule has 1 atom stereocenters. The Hall–Kier alpha value is -2.24. The van der Waals surface area contributed by atoms with Crippen LogP contribution in [-0.2, 0) is 0 Å². The average molecular weight is 288 g/mol. The number of rotatable bonds is 6. The van der Waals surface area contributed by atoms with Crippen molar-refractivity contribution in [3.05, 3.63) is 53.6 Å². The number of hydrazine groups is 1. The lowest BCUT2D eigenvalue weighted by Gasteiger charge is -2.22. The van der Waals surface area contributed by atoms with E-state index in [1.807, 2.05) is 42.5 Å². The Morgan fingerprint density at radius 1 is 0.857 bits per heavy atom. The first kappa shape index (κ1) is 15.2. The fraction of sp³-hybridized carbons (Fsp3) is 0.250. The van der Waals surface area contributed by atoms with Crippen LogP contribution in [0, 0.1) is 0 Å². The molecule has 0 bridgehead atoms. The number of nitrogens with two attached hydrogens (primary N) is 1. The van der Waals surface area contributed by atoms with Crippen molar-refractivity contribution < 1.29 is 14.2 Å². The van der Waals surface area contributed by atoms with E-state index in [-0.39, 0.29) is 6.04 Å². The van der Waals surface area contributed by atoms with E-state index in [0.717, 1.165) is 16.9 Å². The van der Waals surface area contributed by atoms with E-state index in [1.54, 1.807) is 21.3 Å². The Kier molecular flexibility index (Phi) is 5.03. The molecule has 0 radical (unpaired) electrons. The Morgan fingerprint density at radius 3 is 1.86 bits per heavy atom. The van der Waals surface area contributed by atoms with Crippen molar-refractivity contribution in [2.45, 2.75) is 6.04 Å². The molecule has 5 heteroatoms. The van der Waals surface area contributed by atoms with Crippen molar-refractivity contribution in [1.82, 2.24) is 5.43 Å². The van der Waals surface area contributed by atoms with Gasteiger partial charge >= 0.3 is 0 Å². The third-order valence-corrected chi connectivity index (χ3v) is 3.37. The molecule has 112 valence electrons. The molecule has 1 unspecified atom stereocenters. The molecular weight excluding hydrogens is 268 g/mol. The maximum atomic E-state index is 5.76. The lowest BCUT2D eigenvalue weighted by atomic mass is 9.97. The van der Waals surface area contributed by atoms with Crippen molar-refractivity contribution in [1.29, 1.82) is 0 Å². The highest BCUT2D eigenvalue weighted by atomic mass is 16.5. The van der Waals surface area contributed by atoms with E-state index in [2.05, 4.69) is 5.43 Å². The Labute approximate surface area is 124 Å². The number of ether oxygens (including phenoxy) is 3. The molecule has 0 aliphatic heterocycles. The zero-order valence-corrected chi connectivity index (χ0v) is 12.4. The second-order valence-corrected chi connectivity index (χ2v) is 4.45. The maximum absolute atomic E-state index is 5.76. The second-order valence-electron chi connectivity index (χ2n) is 4.45. The minimum absolute atomic E-state index is 0.248. The van der Waals surface area contributed by atoms with E-state index >= 15 is 0 Å². The van der Waals surface area contributed by atoms with Gasteiger partial charge in [0, 0.05) is 0 Å². The Bertz CT molecular complexity index is 562. The Balaban J connectivity index is 2.49. The van der Waals surface area contributed by atoms with Crippen molar-refractivity contribution in [3.8, 4) is 17.2 Å². The van der Waals surface area contributed by atoms with Gasteiger partial charge in [-0.1, -0.05) is 18.2 Å². The molecule has 3 N–H and O–H groups in total. The quantitative estimate of drug-likeness (QED) is 0.630. The molecule has 0 saturated carbocycles. The summed E-state index contributed by atoms with van der Waals surface area (Å²) in [5.41, 5.74) is 4.66. The first-order chi connectivity index (χ1) is 10.2. The van der Waals surface area contributed by atoms with Gasteiger partial charge in [0.05, 0.1) is 32.9 Å². The first-order valence-corrected chi connectivity index (χ1v) is 6.56. The van der Waals surface area contributed by atoms with Gasteiger partial charge in [0.1, 0.15) is 17.2 Å². The summed E-state index contributed by atoms with van der Waals surface area (Å²) in [5.74, 6) is 7.99. The zero-order chi connectivity index (χ0) is 15.2. The van der Waals surface area contributed by atoms with E-state index in [4.69, 9.17) is 20.1 Å². The summed E-state index contributed by atoms with van der Waals surface area (Å²) in [6, 6.07) is 13.1. The van der Waals surface area contributed by atoms with Gasteiger partial charge in [0.25, 0.3) is 0 Å². The minimum Gasteiger partial charge on any atom is -0.497 e. The van der Waals surface area contributed by atoms with Crippen LogP contribution >= 0.6 is 0 Å². The average Bonchev–Trinajstić information content (AvgIpc) is 2.56. The second kappa shape index (κ2) is 6.97. The van der Waals surface area contributed by atoms with Gasteiger partial charge in [-0.2, -0.15) is 0 Å². The summed E-state index contributed by atoms with van der Waals surface area (Å²) < 4.78 is 16.1. The van der Waals surface area contributed by atoms with E-state index in [1.165, 1.54) is 0 Å². The number of hydrogen-bond acceptors (Lipinski definition) is 5. The predicted octanol–water partition coefficient (Wildman–Crippen LogP) is 2.27. The summed E-state index contributed by atoms with van der Waals surface area (Å²) in [6.45, 7) is 0. The molecule has 0 fully saturated rings. The van der Waals surface area contributed by atoms with Crippen LogP contribution in [0.3, 0.4) is 0 Å². The van der Waals surface area contributed by atoms with Crippen LogP contribution in [0.4, 0.5) is 0 Å². The molecule has 0 spiro atoms. The van der Waals surface area contributed by atoms with Gasteiger partial charge < -0.3 is 14.2 Å². The van der Waals surface area contributed by atoms with Crippen LogP contribution in [0.1, 0.15) is 17.2 Å². The lowest BCUT2D eigenvalue weighted by molar-refractivity contribution is 0.377. The van der Waals surface area contributed by atoms with Crippen LogP contribution in [-0.4, -0.2) is 21.3 Å². The standard InChI is InChI=1S/C16H20N2O3/c1-19-12-9-7-11(8-10-12)16(18-17)15-13(20-2)5-4-6-14(15)21-3/h4-10,16,18H,17H2,1-3H3. The molecule has 0 heterocycles. The van der Waals surface area contributed by atoms with Gasteiger partial charge in [-0.15, -0.1) is 0 Å². The van der Waals surface area contributed by atoms with Gasteiger partial charge in [-0.25, -0.2) is 5.43 Å². The van der Waals surface area contributed by atoms with Gasteiger partial charge in [0.15, 0.2) is 0 Å². The monoisotopic (exact) mass is 288 g/mol. The summed E-state index contributed by atoms with van der Waals surface area (Å²) in [4.78, 5) is 0. The van der Waals surface area contributed by atoms with Crippen LogP contribution < -0.4 is 25.5 Å². The molecule has 0 aromatic heterocycles. The number of nitrogens with one attached hydrogen (secondary N) is 1. The lowest BCUT2D eigenvalue weighted by Crippen LogP contribution is -2.29. The first-order valence-electron chi connectivity index (χ1n) is 6.56. The van der Waals surface area contributed by atoms with Gasteiger partial charge in [-0.05, 0) is 29.8 Å². The predicted molar refractivity (Wildman–Crippen MR) is 81.7 cm³/mol. The van der Waals surface area contributed by atoms with Crippen molar-refractivity contribution >= 4 is 0 Å². The van der Waals surface area contributed by atoms with E-state index in [9.17, 15) is 0 Å². The number of methoxy groups -OCH3 is 3. The van der Waals surface area contributed by atoms with Crippen LogP contribution in [0.2, 0.25) is 0 Å². The van der Waals surface area contributed by atoms with Crippen molar-refractivity contribution in [2.24, 2.45) is 5.84 Å².